The molecule has 1 aromatic heterocycles. The van der Waals surface area contributed by atoms with Crippen LogP contribution in [0.15, 0.2) is 29.8 Å². The first-order chi connectivity index (χ1) is 12.7. The van der Waals surface area contributed by atoms with Crippen molar-refractivity contribution in [1.29, 1.82) is 0 Å². The van der Waals surface area contributed by atoms with Crippen LogP contribution < -0.4 is 10.6 Å². The van der Waals surface area contributed by atoms with Gasteiger partial charge in [-0.05, 0) is 49.8 Å². The van der Waals surface area contributed by atoms with E-state index in [1.54, 1.807) is 30.5 Å². The summed E-state index contributed by atoms with van der Waals surface area (Å²) < 4.78 is 1.78. The fourth-order valence-electron chi connectivity index (χ4n) is 2.91. The molecule has 0 saturated carbocycles. The minimum Gasteiger partial charge on any atom is -0.478 e. The lowest BCUT2D eigenvalue weighted by atomic mass is 10.1. The molecule has 0 spiro atoms. The minimum atomic E-state index is -1.15. The Morgan fingerprint density at radius 1 is 1.11 bits per heavy atom. The van der Waals surface area contributed by atoms with E-state index in [4.69, 9.17) is 11.6 Å². The molecule has 2 heterocycles. The van der Waals surface area contributed by atoms with Crippen LogP contribution >= 0.6 is 11.6 Å². The van der Waals surface area contributed by atoms with E-state index in [1.165, 1.54) is 18.2 Å². The van der Waals surface area contributed by atoms with Crippen LogP contribution in [0.4, 0.5) is 4.79 Å². The first-order valence-corrected chi connectivity index (χ1v) is 8.17. The second-order valence-corrected chi connectivity index (χ2v) is 6.33. The number of aromatic nitrogens is 1. The van der Waals surface area contributed by atoms with Gasteiger partial charge in [0.25, 0.3) is 11.8 Å². The third-order valence-electron chi connectivity index (χ3n) is 4.15. The first kappa shape index (κ1) is 18.4. The van der Waals surface area contributed by atoms with Crippen LogP contribution in [0.3, 0.4) is 0 Å². The van der Waals surface area contributed by atoms with Crippen molar-refractivity contribution in [3.63, 3.8) is 0 Å². The number of imide groups is 2. The lowest BCUT2D eigenvalue weighted by molar-refractivity contribution is -0.123. The highest BCUT2D eigenvalue weighted by Gasteiger charge is 2.28. The van der Waals surface area contributed by atoms with Gasteiger partial charge in [0, 0.05) is 17.1 Å². The number of hydrogen-bond acceptors (Lipinski definition) is 4. The van der Waals surface area contributed by atoms with Gasteiger partial charge in [-0.25, -0.2) is 9.59 Å². The summed E-state index contributed by atoms with van der Waals surface area (Å²) >= 11 is 5.92. The van der Waals surface area contributed by atoms with E-state index in [1.807, 2.05) is 10.6 Å². The van der Waals surface area contributed by atoms with Crippen molar-refractivity contribution in [2.45, 2.75) is 13.8 Å². The molecule has 138 valence electrons. The number of nitrogens with one attached hydrogen (secondary N) is 2. The fourth-order valence-corrected chi connectivity index (χ4v) is 3.11. The molecule has 8 nitrogen and oxygen atoms in total. The number of rotatable bonds is 3. The zero-order valence-corrected chi connectivity index (χ0v) is 15.0. The number of amides is 4. The molecule has 1 fully saturated rings. The Labute approximate surface area is 158 Å². The van der Waals surface area contributed by atoms with E-state index in [-0.39, 0.29) is 16.2 Å². The zero-order chi connectivity index (χ0) is 19.9. The number of urea groups is 1. The van der Waals surface area contributed by atoms with E-state index >= 15 is 0 Å². The number of carbonyl (C=O) groups is 4. The third kappa shape index (κ3) is 3.34. The van der Waals surface area contributed by atoms with Crippen LogP contribution in [0.1, 0.15) is 27.3 Å². The van der Waals surface area contributed by atoms with Crippen molar-refractivity contribution in [2.75, 3.05) is 0 Å². The molecule has 1 saturated heterocycles. The summed E-state index contributed by atoms with van der Waals surface area (Å²) in [6.45, 7) is 3.56. The SMILES string of the molecule is Cc1cc(C=C2C(=O)NC(=O)NC2=O)c(C)n1-c1ccc(Cl)c(C(=O)O)c1. The Morgan fingerprint density at radius 3 is 2.33 bits per heavy atom. The molecule has 0 bridgehead atoms. The maximum atomic E-state index is 11.9. The van der Waals surface area contributed by atoms with Crippen LogP contribution in [0, 0.1) is 13.8 Å². The quantitative estimate of drug-likeness (QED) is 0.551. The van der Waals surface area contributed by atoms with E-state index in [9.17, 15) is 24.3 Å². The van der Waals surface area contributed by atoms with Gasteiger partial charge in [0.1, 0.15) is 5.57 Å². The van der Waals surface area contributed by atoms with Crippen LogP contribution in [0.2, 0.25) is 5.02 Å². The molecule has 1 aromatic carbocycles. The summed E-state index contributed by atoms with van der Waals surface area (Å²) in [5.41, 5.74) is 2.35. The van der Waals surface area contributed by atoms with E-state index in [0.717, 1.165) is 5.69 Å². The van der Waals surface area contributed by atoms with E-state index < -0.39 is 23.8 Å². The molecule has 9 heteroatoms. The first-order valence-electron chi connectivity index (χ1n) is 7.79. The maximum Gasteiger partial charge on any atom is 0.337 e. The molecule has 1 aliphatic rings. The Bertz CT molecular complexity index is 1030. The number of carbonyl (C=O) groups excluding carboxylic acids is 3. The number of hydrogen-bond donors (Lipinski definition) is 3. The van der Waals surface area contributed by atoms with Gasteiger partial charge in [-0.1, -0.05) is 11.6 Å². The van der Waals surface area contributed by atoms with Gasteiger partial charge in [0.15, 0.2) is 0 Å². The van der Waals surface area contributed by atoms with Crippen molar-refractivity contribution in [3.05, 3.63) is 57.4 Å². The predicted molar refractivity (Wildman–Crippen MR) is 96.9 cm³/mol. The predicted octanol–water partition coefficient (Wildman–Crippen LogP) is 2.20. The lowest BCUT2D eigenvalue weighted by Gasteiger charge is -2.14. The molecular formula is C18H14ClN3O5. The lowest BCUT2D eigenvalue weighted by Crippen LogP contribution is -2.51. The van der Waals surface area contributed by atoms with E-state index in [2.05, 4.69) is 0 Å². The number of benzene rings is 1. The Hall–Kier alpha value is -3.39. The number of carboxylic acids is 1. The van der Waals surface area contributed by atoms with Gasteiger partial charge in [0.05, 0.1) is 10.6 Å². The second-order valence-electron chi connectivity index (χ2n) is 5.93. The molecule has 0 aliphatic carbocycles. The summed E-state index contributed by atoms with van der Waals surface area (Å²) in [5, 5.41) is 13.4. The van der Waals surface area contributed by atoms with Crippen molar-refractivity contribution >= 4 is 41.5 Å². The fraction of sp³-hybridized carbons (Fsp3) is 0.111. The standard InChI is InChI=1S/C18H14ClN3O5/c1-8-5-10(6-13-15(23)20-18(27)21-16(13)24)9(2)22(8)11-3-4-14(19)12(7-11)17(25)26/h3-7H,1-2H3,(H,25,26)(H2,20,21,23,24,27). The highest BCUT2D eigenvalue weighted by molar-refractivity contribution is 6.33. The molecule has 4 amide bonds. The molecule has 3 rings (SSSR count). The van der Waals surface area contributed by atoms with Crippen molar-refractivity contribution < 1.29 is 24.3 Å². The number of aromatic carboxylic acids is 1. The summed E-state index contributed by atoms with van der Waals surface area (Å²) in [6, 6.07) is 5.49. The van der Waals surface area contributed by atoms with Crippen molar-refractivity contribution in [2.24, 2.45) is 0 Å². The van der Waals surface area contributed by atoms with Crippen LogP contribution in [0.5, 0.6) is 0 Å². The highest BCUT2D eigenvalue weighted by Crippen LogP contribution is 2.26. The van der Waals surface area contributed by atoms with Crippen molar-refractivity contribution in [1.82, 2.24) is 15.2 Å². The summed E-state index contributed by atoms with van der Waals surface area (Å²) in [4.78, 5) is 46.3. The molecule has 3 N–H and O–H groups in total. The monoisotopic (exact) mass is 387 g/mol. The Kier molecular flexibility index (Phi) is 4.59. The molecular weight excluding hydrogens is 374 g/mol. The average Bonchev–Trinajstić information content (AvgIpc) is 2.85. The summed E-state index contributed by atoms with van der Waals surface area (Å²) in [5.74, 6) is -2.71. The normalized spacial score (nSPS) is 14.0. The number of carboxylic acid groups (broad SMARTS) is 1. The third-order valence-corrected chi connectivity index (χ3v) is 4.48. The smallest absolute Gasteiger partial charge is 0.337 e. The Morgan fingerprint density at radius 2 is 1.74 bits per heavy atom. The number of nitrogens with zero attached hydrogens (tertiary/aromatic N) is 1. The van der Waals surface area contributed by atoms with Crippen LogP contribution in [-0.2, 0) is 9.59 Å². The molecule has 1 aliphatic heterocycles. The van der Waals surface area contributed by atoms with Crippen LogP contribution in [0.25, 0.3) is 11.8 Å². The molecule has 0 atom stereocenters. The highest BCUT2D eigenvalue weighted by atomic mass is 35.5. The largest absolute Gasteiger partial charge is 0.478 e. The average molecular weight is 388 g/mol. The minimum absolute atomic E-state index is 0.0360. The van der Waals surface area contributed by atoms with Gasteiger partial charge < -0.3 is 9.67 Å². The number of aryl methyl sites for hydroxylation is 1. The number of barbiturate groups is 1. The van der Waals surface area contributed by atoms with Gasteiger partial charge in [-0.2, -0.15) is 0 Å². The summed E-state index contributed by atoms with van der Waals surface area (Å²) in [6.07, 6.45) is 1.38. The molecule has 0 unspecified atom stereocenters. The van der Waals surface area contributed by atoms with Crippen molar-refractivity contribution in [3.8, 4) is 5.69 Å². The topological polar surface area (TPSA) is 118 Å². The second kappa shape index (κ2) is 6.73. The summed E-state index contributed by atoms with van der Waals surface area (Å²) in [7, 11) is 0. The van der Waals surface area contributed by atoms with Crippen LogP contribution in [-0.4, -0.2) is 33.5 Å². The maximum absolute atomic E-state index is 11.9. The Balaban J connectivity index is 2.09. The number of halogens is 1. The van der Waals surface area contributed by atoms with Gasteiger partial charge >= 0.3 is 12.0 Å². The zero-order valence-electron chi connectivity index (χ0n) is 14.3. The van der Waals surface area contributed by atoms with E-state index in [0.29, 0.717) is 16.9 Å². The van der Waals surface area contributed by atoms with Gasteiger partial charge in [0.2, 0.25) is 0 Å². The van der Waals surface area contributed by atoms with Gasteiger partial charge in [-0.15, -0.1) is 0 Å². The molecule has 27 heavy (non-hydrogen) atoms. The molecule has 2 aromatic rings. The molecule has 0 radical (unpaired) electrons. The van der Waals surface area contributed by atoms with Gasteiger partial charge in [-0.3, -0.25) is 20.2 Å².